The first-order chi connectivity index (χ1) is 6.16. The molecule has 2 nitrogen and oxygen atoms in total. The van der Waals surface area contributed by atoms with Gasteiger partial charge in [0.05, 0.1) is 6.54 Å². The molecule has 0 heterocycles. The number of alkyl halides is 2. The van der Waals surface area contributed by atoms with E-state index in [9.17, 15) is 8.78 Å². The standard InChI is InChI=1S/C9H20F2N2/c1-3-5-12-6-4-7-13(2)8-9(10)11/h9,12H,3-8H2,1-2H3. The van der Waals surface area contributed by atoms with Crippen LogP contribution >= 0.6 is 0 Å². The second kappa shape index (κ2) is 8.38. The summed E-state index contributed by atoms with van der Waals surface area (Å²) < 4.78 is 23.7. The zero-order chi connectivity index (χ0) is 10.1. The molecule has 0 unspecified atom stereocenters. The summed E-state index contributed by atoms with van der Waals surface area (Å²) >= 11 is 0. The van der Waals surface area contributed by atoms with E-state index in [1.54, 1.807) is 11.9 Å². The molecule has 4 heteroatoms. The molecule has 0 saturated heterocycles. The Morgan fingerprint density at radius 1 is 1.31 bits per heavy atom. The van der Waals surface area contributed by atoms with Crippen LogP contribution in [0.1, 0.15) is 19.8 Å². The highest BCUT2D eigenvalue weighted by atomic mass is 19.3. The molecule has 80 valence electrons. The summed E-state index contributed by atoms with van der Waals surface area (Å²) in [5.74, 6) is 0. The van der Waals surface area contributed by atoms with E-state index in [4.69, 9.17) is 0 Å². The minimum Gasteiger partial charge on any atom is -0.317 e. The minimum absolute atomic E-state index is 0.117. The van der Waals surface area contributed by atoms with Crippen molar-refractivity contribution < 1.29 is 8.78 Å². The molecule has 0 radical (unpaired) electrons. The zero-order valence-electron chi connectivity index (χ0n) is 8.52. The molecule has 0 rings (SSSR count). The molecule has 0 aromatic carbocycles. The Kier molecular flexibility index (Phi) is 8.24. The fourth-order valence-corrected chi connectivity index (χ4v) is 1.10. The SMILES string of the molecule is CCCNCCCN(C)CC(F)F. The van der Waals surface area contributed by atoms with Gasteiger partial charge in [-0.2, -0.15) is 0 Å². The average Bonchev–Trinajstić information content (AvgIpc) is 2.02. The monoisotopic (exact) mass is 194 g/mol. The maximum absolute atomic E-state index is 11.9. The first-order valence-corrected chi connectivity index (χ1v) is 4.84. The first kappa shape index (κ1) is 12.8. The maximum Gasteiger partial charge on any atom is 0.251 e. The van der Waals surface area contributed by atoms with Gasteiger partial charge in [0.15, 0.2) is 0 Å². The highest BCUT2D eigenvalue weighted by Crippen LogP contribution is 1.95. The highest BCUT2D eigenvalue weighted by Gasteiger charge is 2.06. The van der Waals surface area contributed by atoms with Gasteiger partial charge in [-0.15, -0.1) is 0 Å². The van der Waals surface area contributed by atoms with Crippen LogP contribution < -0.4 is 5.32 Å². The summed E-state index contributed by atoms with van der Waals surface area (Å²) in [6.45, 7) is 4.66. The Labute approximate surface area is 79.3 Å². The van der Waals surface area contributed by atoms with E-state index in [-0.39, 0.29) is 6.54 Å². The third-order valence-electron chi connectivity index (χ3n) is 1.77. The van der Waals surface area contributed by atoms with Crippen molar-refractivity contribution in [3.8, 4) is 0 Å². The molecule has 0 amide bonds. The number of hydrogen-bond acceptors (Lipinski definition) is 2. The van der Waals surface area contributed by atoms with Crippen LogP contribution in [0.25, 0.3) is 0 Å². The van der Waals surface area contributed by atoms with Crippen molar-refractivity contribution in [2.75, 3.05) is 33.2 Å². The molecular formula is C9H20F2N2. The van der Waals surface area contributed by atoms with Crippen molar-refractivity contribution in [2.45, 2.75) is 26.2 Å². The van der Waals surface area contributed by atoms with Gasteiger partial charge in [0.25, 0.3) is 6.43 Å². The molecule has 0 fully saturated rings. The molecule has 0 atom stereocenters. The molecule has 0 aromatic rings. The van der Waals surface area contributed by atoms with Gasteiger partial charge in [0.1, 0.15) is 0 Å². The third kappa shape index (κ3) is 9.70. The van der Waals surface area contributed by atoms with Gasteiger partial charge < -0.3 is 10.2 Å². The lowest BCUT2D eigenvalue weighted by Crippen LogP contribution is -2.28. The van der Waals surface area contributed by atoms with E-state index in [0.717, 1.165) is 32.5 Å². The molecule has 0 aromatic heterocycles. The van der Waals surface area contributed by atoms with Crippen LogP contribution in [0.5, 0.6) is 0 Å². The lowest BCUT2D eigenvalue weighted by atomic mass is 10.3. The van der Waals surface area contributed by atoms with Gasteiger partial charge in [-0.25, -0.2) is 8.78 Å². The summed E-state index contributed by atoms with van der Waals surface area (Å²) in [5, 5.41) is 3.23. The number of nitrogens with one attached hydrogen (secondary N) is 1. The summed E-state index contributed by atoms with van der Waals surface area (Å²) in [7, 11) is 1.73. The molecule has 0 aliphatic carbocycles. The largest absolute Gasteiger partial charge is 0.317 e. The van der Waals surface area contributed by atoms with Crippen molar-refractivity contribution in [3.63, 3.8) is 0 Å². The van der Waals surface area contributed by atoms with Crippen LogP contribution in [0.3, 0.4) is 0 Å². The first-order valence-electron chi connectivity index (χ1n) is 4.84. The van der Waals surface area contributed by atoms with Gasteiger partial charge in [-0.1, -0.05) is 6.92 Å². The van der Waals surface area contributed by atoms with Gasteiger partial charge in [-0.3, -0.25) is 0 Å². The molecule has 0 saturated carbocycles. The molecule has 0 aliphatic heterocycles. The lowest BCUT2D eigenvalue weighted by Gasteiger charge is -2.15. The number of rotatable bonds is 8. The van der Waals surface area contributed by atoms with Crippen molar-refractivity contribution >= 4 is 0 Å². The smallest absolute Gasteiger partial charge is 0.251 e. The van der Waals surface area contributed by atoms with E-state index in [0.29, 0.717) is 0 Å². The molecular weight excluding hydrogens is 174 g/mol. The summed E-state index contributed by atoms with van der Waals surface area (Å²) in [5.41, 5.74) is 0. The molecule has 1 N–H and O–H groups in total. The fourth-order valence-electron chi connectivity index (χ4n) is 1.10. The summed E-state index contributed by atoms with van der Waals surface area (Å²) in [6, 6.07) is 0. The van der Waals surface area contributed by atoms with Crippen molar-refractivity contribution in [1.29, 1.82) is 0 Å². The maximum atomic E-state index is 11.9. The quantitative estimate of drug-likeness (QED) is 0.590. The van der Waals surface area contributed by atoms with E-state index in [2.05, 4.69) is 12.2 Å². The Morgan fingerprint density at radius 3 is 2.54 bits per heavy atom. The van der Waals surface area contributed by atoms with Gasteiger partial charge in [-0.05, 0) is 39.5 Å². The van der Waals surface area contributed by atoms with Gasteiger partial charge in [0.2, 0.25) is 0 Å². The van der Waals surface area contributed by atoms with Crippen LogP contribution in [0.4, 0.5) is 8.78 Å². The molecule has 13 heavy (non-hydrogen) atoms. The van der Waals surface area contributed by atoms with E-state index in [1.807, 2.05) is 0 Å². The predicted molar refractivity (Wildman–Crippen MR) is 51.3 cm³/mol. The minimum atomic E-state index is -2.21. The Morgan fingerprint density at radius 2 is 2.00 bits per heavy atom. The fraction of sp³-hybridized carbons (Fsp3) is 1.00. The second-order valence-electron chi connectivity index (χ2n) is 3.26. The molecule has 0 aliphatic rings. The highest BCUT2D eigenvalue weighted by molar-refractivity contribution is 4.55. The predicted octanol–water partition coefficient (Wildman–Crippen LogP) is 1.57. The topological polar surface area (TPSA) is 15.3 Å². The van der Waals surface area contributed by atoms with E-state index >= 15 is 0 Å². The normalized spacial score (nSPS) is 11.5. The Bertz CT molecular complexity index is 110. The van der Waals surface area contributed by atoms with Crippen LogP contribution in [-0.4, -0.2) is 44.6 Å². The van der Waals surface area contributed by atoms with Crippen LogP contribution in [0.2, 0.25) is 0 Å². The lowest BCUT2D eigenvalue weighted by molar-refractivity contribution is 0.0999. The summed E-state index contributed by atoms with van der Waals surface area (Å²) in [4.78, 5) is 1.66. The van der Waals surface area contributed by atoms with Crippen molar-refractivity contribution in [1.82, 2.24) is 10.2 Å². The van der Waals surface area contributed by atoms with Crippen molar-refractivity contribution in [2.24, 2.45) is 0 Å². The van der Waals surface area contributed by atoms with Gasteiger partial charge in [0, 0.05) is 0 Å². The van der Waals surface area contributed by atoms with Crippen LogP contribution in [-0.2, 0) is 0 Å². The molecule has 0 spiro atoms. The number of hydrogen-bond donors (Lipinski definition) is 1. The molecule has 0 bridgehead atoms. The second-order valence-corrected chi connectivity index (χ2v) is 3.26. The van der Waals surface area contributed by atoms with Crippen molar-refractivity contribution in [3.05, 3.63) is 0 Å². The average molecular weight is 194 g/mol. The van der Waals surface area contributed by atoms with Crippen LogP contribution in [0, 0.1) is 0 Å². The van der Waals surface area contributed by atoms with Gasteiger partial charge >= 0.3 is 0 Å². The van der Waals surface area contributed by atoms with E-state index in [1.165, 1.54) is 0 Å². The number of nitrogens with zero attached hydrogens (tertiary/aromatic N) is 1. The Hall–Kier alpha value is -0.220. The van der Waals surface area contributed by atoms with Crippen LogP contribution in [0.15, 0.2) is 0 Å². The zero-order valence-corrected chi connectivity index (χ0v) is 8.52. The third-order valence-corrected chi connectivity index (χ3v) is 1.77. The number of halogens is 2. The summed E-state index contributed by atoms with van der Waals surface area (Å²) in [6.07, 6.45) is -0.163. The Balaban J connectivity index is 3.12. The van der Waals surface area contributed by atoms with E-state index < -0.39 is 6.43 Å².